The second kappa shape index (κ2) is 9.12. The molecule has 1 unspecified atom stereocenters. The zero-order valence-electron chi connectivity index (χ0n) is 15.4. The van der Waals surface area contributed by atoms with Crippen LogP contribution >= 0.6 is 0 Å². The maximum absolute atomic E-state index is 14.3. The summed E-state index contributed by atoms with van der Waals surface area (Å²) in [6.07, 6.45) is 4.02. The predicted octanol–water partition coefficient (Wildman–Crippen LogP) is 3.76. The number of nitrogens with zero attached hydrogens (tertiary/aromatic N) is 2. The van der Waals surface area contributed by atoms with Gasteiger partial charge in [0.2, 0.25) is 5.91 Å². The van der Waals surface area contributed by atoms with E-state index in [1.165, 1.54) is 30.3 Å². The number of carbonyl (C=O) groups is 1. The van der Waals surface area contributed by atoms with Crippen molar-refractivity contribution in [1.29, 1.82) is 0 Å². The van der Waals surface area contributed by atoms with Crippen LogP contribution in [0.3, 0.4) is 0 Å². The Morgan fingerprint density at radius 1 is 1.18 bits per heavy atom. The van der Waals surface area contributed by atoms with Gasteiger partial charge in [-0.1, -0.05) is 18.2 Å². The number of halogens is 2. The number of imidazole rings is 1. The first kappa shape index (κ1) is 19.5. The van der Waals surface area contributed by atoms with Gasteiger partial charge in [-0.2, -0.15) is 0 Å². The molecule has 1 N–H and O–H groups in total. The molecular formula is C21H21F2N3O2. The summed E-state index contributed by atoms with van der Waals surface area (Å²) in [5.41, 5.74) is 0.354. The standard InChI is InChI=1S/C21H21F2N3O2/c1-26-13-12-24-21(26)20(17-5-2-3-6-18(17)23)25-19(27)7-4-14-28-16-10-8-15(22)9-11-16/h2-3,5-6,8-13,20H,4,7,14H2,1H3,(H,25,27). The third kappa shape index (κ3) is 4.94. The molecule has 0 spiro atoms. The van der Waals surface area contributed by atoms with Crippen LogP contribution in [-0.4, -0.2) is 22.1 Å². The van der Waals surface area contributed by atoms with E-state index in [2.05, 4.69) is 10.3 Å². The molecule has 1 aromatic heterocycles. The van der Waals surface area contributed by atoms with Crippen LogP contribution in [0.15, 0.2) is 60.9 Å². The Kier molecular flexibility index (Phi) is 6.37. The van der Waals surface area contributed by atoms with Crippen LogP contribution in [0.25, 0.3) is 0 Å². The van der Waals surface area contributed by atoms with Crippen molar-refractivity contribution in [3.8, 4) is 5.75 Å². The topological polar surface area (TPSA) is 56.2 Å². The summed E-state index contributed by atoms with van der Waals surface area (Å²) in [5, 5.41) is 2.86. The Labute approximate surface area is 162 Å². The summed E-state index contributed by atoms with van der Waals surface area (Å²) in [7, 11) is 1.79. The Morgan fingerprint density at radius 2 is 1.93 bits per heavy atom. The zero-order chi connectivity index (χ0) is 19.9. The molecule has 3 rings (SSSR count). The second-order valence-electron chi connectivity index (χ2n) is 6.32. The van der Waals surface area contributed by atoms with Gasteiger partial charge >= 0.3 is 0 Å². The highest BCUT2D eigenvalue weighted by atomic mass is 19.1. The number of amides is 1. The first-order valence-electron chi connectivity index (χ1n) is 8.94. The van der Waals surface area contributed by atoms with E-state index in [9.17, 15) is 13.6 Å². The molecule has 0 radical (unpaired) electrons. The van der Waals surface area contributed by atoms with Gasteiger partial charge in [0.25, 0.3) is 0 Å². The van der Waals surface area contributed by atoms with Crippen LogP contribution in [0.4, 0.5) is 8.78 Å². The molecule has 0 bridgehead atoms. The number of benzene rings is 2. The average molecular weight is 385 g/mol. The molecule has 1 atom stereocenters. The summed E-state index contributed by atoms with van der Waals surface area (Å²) < 4.78 is 34.4. The number of rotatable bonds is 8. The molecule has 3 aromatic rings. The summed E-state index contributed by atoms with van der Waals surface area (Å²) in [4.78, 5) is 16.7. The minimum Gasteiger partial charge on any atom is -0.494 e. The maximum Gasteiger partial charge on any atom is 0.220 e. The van der Waals surface area contributed by atoms with Crippen molar-refractivity contribution in [2.75, 3.05) is 6.61 Å². The van der Waals surface area contributed by atoms with Gasteiger partial charge in [-0.25, -0.2) is 13.8 Å². The molecule has 0 aliphatic carbocycles. The van der Waals surface area contributed by atoms with E-state index in [1.54, 1.807) is 42.2 Å². The Hall–Kier alpha value is -3.22. The summed E-state index contributed by atoms with van der Waals surface area (Å²) >= 11 is 0. The third-order valence-electron chi connectivity index (χ3n) is 4.27. The lowest BCUT2D eigenvalue weighted by Gasteiger charge is -2.19. The predicted molar refractivity (Wildman–Crippen MR) is 101 cm³/mol. The molecule has 7 heteroatoms. The number of nitrogens with one attached hydrogen (secondary N) is 1. The van der Waals surface area contributed by atoms with Crippen molar-refractivity contribution >= 4 is 5.91 Å². The van der Waals surface area contributed by atoms with E-state index in [0.29, 0.717) is 30.2 Å². The fourth-order valence-corrected chi connectivity index (χ4v) is 2.83. The lowest BCUT2D eigenvalue weighted by molar-refractivity contribution is -0.121. The number of ether oxygens (including phenoxy) is 1. The van der Waals surface area contributed by atoms with Crippen LogP contribution in [0.2, 0.25) is 0 Å². The van der Waals surface area contributed by atoms with E-state index in [0.717, 1.165) is 0 Å². The quantitative estimate of drug-likeness (QED) is 0.601. The molecule has 2 aromatic carbocycles. The highest BCUT2D eigenvalue weighted by molar-refractivity contribution is 5.76. The van der Waals surface area contributed by atoms with Crippen molar-refractivity contribution in [3.63, 3.8) is 0 Å². The van der Waals surface area contributed by atoms with Crippen molar-refractivity contribution in [2.24, 2.45) is 7.05 Å². The number of aryl methyl sites for hydroxylation is 1. The molecule has 0 aliphatic heterocycles. The fourth-order valence-electron chi connectivity index (χ4n) is 2.83. The van der Waals surface area contributed by atoms with Gasteiger partial charge in [0, 0.05) is 31.4 Å². The van der Waals surface area contributed by atoms with E-state index in [1.807, 2.05) is 0 Å². The van der Waals surface area contributed by atoms with Crippen molar-refractivity contribution in [3.05, 3.63) is 83.9 Å². The van der Waals surface area contributed by atoms with Crippen molar-refractivity contribution in [1.82, 2.24) is 14.9 Å². The maximum atomic E-state index is 14.3. The first-order valence-corrected chi connectivity index (χ1v) is 8.94. The Bertz CT molecular complexity index is 925. The molecule has 0 fully saturated rings. The lowest BCUT2D eigenvalue weighted by atomic mass is 10.0. The molecule has 1 heterocycles. The number of hydrogen-bond donors (Lipinski definition) is 1. The number of hydrogen-bond acceptors (Lipinski definition) is 3. The van der Waals surface area contributed by atoms with Gasteiger partial charge in [0.05, 0.1) is 6.61 Å². The normalized spacial score (nSPS) is 11.8. The Morgan fingerprint density at radius 3 is 2.61 bits per heavy atom. The zero-order valence-corrected chi connectivity index (χ0v) is 15.4. The van der Waals surface area contributed by atoms with E-state index in [4.69, 9.17) is 4.74 Å². The van der Waals surface area contributed by atoms with Crippen LogP contribution in [-0.2, 0) is 11.8 Å². The van der Waals surface area contributed by atoms with Crippen LogP contribution < -0.4 is 10.1 Å². The average Bonchev–Trinajstić information content (AvgIpc) is 3.11. The second-order valence-corrected chi connectivity index (χ2v) is 6.32. The van der Waals surface area contributed by atoms with E-state index < -0.39 is 11.9 Å². The SMILES string of the molecule is Cn1ccnc1C(NC(=O)CCCOc1ccc(F)cc1)c1ccccc1F. The highest BCUT2D eigenvalue weighted by Gasteiger charge is 2.23. The molecule has 0 aliphatic rings. The number of aromatic nitrogens is 2. The molecule has 1 amide bonds. The van der Waals surface area contributed by atoms with Gasteiger partial charge in [-0.15, -0.1) is 0 Å². The van der Waals surface area contributed by atoms with Crippen LogP contribution in [0, 0.1) is 11.6 Å². The summed E-state index contributed by atoms with van der Waals surface area (Å²) in [6, 6.07) is 11.3. The third-order valence-corrected chi connectivity index (χ3v) is 4.27. The van der Waals surface area contributed by atoms with Crippen molar-refractivity contribution in [2.45, 2.75) is 18.9 Å². The van der Waals surface area contributed by atoms with Crippen LogP contribution in [0.5, 0.6) is 5.75 Å². The Balaban J connectivity index is 1.59. The van der Waals surface area contributed by atoms with Gasteiger partial charge < -0.3 is 14.6 Å². The minimum atomic E-state index is -0.688. The molecule has 0 saturated heterocycles. The summed E-state index contributed by atoms with van der Waals surface area (Å²) in [5.74, 6) is 0.106. The number of carbonyl (C=O) groups excluding carboxylic acids is 1. The van der Waals surface area contributed by atoms with Crippen LogP contribution in [0.1, 0.15) is 30.3 Å². The molecular weight excluding hydrogens is 364 g/mol. The van der Waals surface area contributed by atoms with Gasteiger partial charge in [0.1, 0.15) is 29.3 Å². The van der Waals surface area contributed by atoms with Crippen molar-refractivity contribution < 1.29 is 18.3 Å². The molecule has 146 valence electrons. The summed E-state index contributed by atoms with van der Waals surface area (Å²) in [6.45, 7) is 0.311. The van der Waals surface area contributed by atoms with E-state index >= 15 is 0 Å². The minimum absolute atomic E-state index is 0.205. The first-order chi connectivity index (χ1) is 13.5. The largest absolute Gasteiger partial charge is 0.494 e. The van der Waals surface area contributed by atoms with Gasteiger partial charge in [-0.3, -0.25) is 4.79 Å². The monoisotopic (exact) mass is 385 g/mol. The lowest BCUT2D eigenvalue weighted by Crippen LogP contribution is -2.31. The molecule has 0 saturated carbocycles. The molecule has 28 heavy (non-hydrogen) atoms. The van der Waals surface area contributed by atoms with Gasteiger partial charge in [0.15, 0.2) is 0 Å². The van der Waals surface area contributed by atoms with Gasteiger partial charge in [-0.05, 0) is 36.8 Å². The highest BCUT2D eigenvalue weighted by Crippen LogP contribution is 2.23. The fraction of sp³-hybridized carbons (Fsp3) is 0.238. The molecule has 5 nitrogen and oxygen atoms in total. The smallest absolute Gasteiger partial charge is 0.220 e. The van der Waals surface area contributed by atoms with E-state index in [-0.39, 0.29) is 18.1 Å².